The van der Waals surface area contributed by atoms with E-state index in [1.807, 2.05) is 17.5 Å². The first-order valence-electron chi connectivity index (χ1n) is 4.47. The summed E-state index contributed by atoms with van der Waals surface area (Å²) < 4.78 is 30.9. The van der Waals surface area contributed by atoms with Crippen molar-refractivity contribution in [3.05, 3.63) is 28.0 Å². The van der Waals surface area contributed by atoms with Crippen LogP contribution >= 0.6 is 11.3 Å². The van der Waals surface area contributed by atoms with Crippen molar-refractivity contribution in [2.75, 3.05) is 0 Å². The molecule has 0 aliphatic carbocycles. The molecule has 7 heteroatoms. The zero-order valence-corrected chi connectivity index (χ0v) is 9.96. The number of hydrogen-bond acceptors (Lipinski definition) is 4. The van der Waals surface area contributed by atoms with E-state index in [4.69, 9.17) is 4.55 Å². The number of hydrogen-bond donors (Lipinski definition) is 1. The second-order valence-corrected chi connectivity index (χ2v) is 5.64. The molecule has 1 amide bonds. The molecule has 1 fully saturated rings. The highest BCUT2D eigenvalue weighted by atomic mass is 32.2. The van der Waals surface area contributed by atoms with Crippen LogP contribution in [0.5, 0.6) is 0 Å². The Morgan fingerprint density at radius 3 is 2.69 bits per heavy atom. The Balaban J connectivity index is 2.28. The summed E-state index contributed by atoms with van der Waals surface area (Å²) in [7, 11) is -4.43. The highest BCUT2D eigenvalue weighted by Gasteiger charge is 2.45. The van der Waals surface area contributed by atoms with Gasteiger partial charge in [-0.1, -0.05) is 6.07 Å². The Morgan fingerprint density at radius 1 is 1.56 bits per heavy atom. The van der Waals surface area contributed by atoms with Gasteiger partial charge in [-0.25, -0.2) is 4.31 Å². The number of amides is 1. The van der Waals surface area contributed by atoms with Gasteiger partial charge in [0.15, 0.2) is 0 Å². The molecule has 0 saturated carbocycles. The average molecular weight is 259 g/mol. The highest BCUT2D eigenvalue weighted by Crippen LogP contribution is 2.30. The number of carbonyl (C=O) groups is 1. The second-order valence-electron chi connectivity index (χ2n) is 3.37. The molecule has 1 N–H and O–H groups in total. The third-order valence-electron chi connectivity index (χ3n) is 2.34. The summed E-state index contributed by atoms with van der Waals surface area (Å²) in [5.74, 6) is -0.664. The standard InChI is InChI=1S/C9H9NO4S2/c1-6-8(5-7-3-2-4-15-7)9(11)10(6)16(12,13)14/h2-6H,1H3,(H,12,13,14)/b8-5-/t6-/m0/s1. The van der Waals surface area contributed by atoms with Gasteiger partial charge in [-0.3, -0.25) is 9.35 Å². The number of β-lactam (4-membered cyclic amide) rings is 1. The summed E-state index contributed by atoms with van der Waals surface area (Å²) in [6.45, 7) is 1.55. The van der Waals surface area contributed by atoms with Crippen LogP contribution in [0.25, 0.3) is 6.08 Å². The summed E-state index contributed by atoms with van der Waals surface area (Å²) >= 11 is 1.45. The lowest BCUT2D eigenvalue weighted by atomic mass is 9.99. The predicted molar refractivity (Wildman–Crippen MR) is 60.2 cm³/mol. The first kappa shape index (κ1) is 11.3. The minimum Gasteiger partial charge on any atom is -0.269 e. The lowest BCUT2D eigenvalue weighted by Crippen LogP contribution is -2.55. The van der Waals surface area contributed by atoms with Gasteiger partial charge in [0.1, 0.15) is 0 Å². The molecule has 1 saturated heterocycles. The Kier molecular flexibility index (Phi) is 2.61. The molecular weight excluding hydrogens is 250 g/mol. The maximum atomic E-state index is 11.5. The Bertz CT molecular complexity index is 544. The van der Waals surface area contributed by atoms with Crippen molar-refractivity contribution in [2.45, 2.75) is 13.0 Å². The van der Waals surface area contributed by atoms with Crippen molar-refractivity contribution >= 4 is 33.6 Å². The summed E-state index contributed by atoms with van der Waals surface area (Å²) in [6.07, 6.45) is 1.64. The third kappa shape index (κ3) is 1.77. The summed E-state index contributed by atoms with van der Waals surface area (Å²) in [4.78, 5) is 12.3. The zero-order valence-electron chi connectivity index (χ0n) is 8.32. The third-order valence-corrected chi connectivity index (χ3v) is 4.14. The van der Waals surface area contributed by atoms with Gasteiger partial charge in [0.25, 0.3) is 5.91 Å². The molecule has 1 aromatic heterocycles. The first-order valence-corrected chi connectivity index (χ1v) is 6.75. The first-order chi connectivity index (χ1) is 7.41. The van der Waals surface area contributed by atoms with Crippen LogP contribution in [-0.2, 0) is 15.1 Å². The molecule has 86 valence electrons. The van der Waals surface area contributed by atoms with Crippen molar-refractivity contribution in [3.8, 4) is 0 Å². The van der Waals surface area contributed by atoms with Crippen molar-refractivity contribution < 1.29 is 17.8 Å². The van der Waals surface area contributed by atoms with E-state index < -0.39 is 22.3 Å². The minimum atomic E-state index is -4.43. The second kappa shape index (κ2) is 3.69. The molecular formula is C9H9NO4S2. The molecule has 2 rings (SSSR count). The normalized spacial score (nSPS) is 23.6. The smallest absolute Gasteiger partial charge is 0.269 e. The molecule has 1 aliphatic heterocycles. The molecule has 0 bridgehead atoms. The molecule has 2 heterocycles. The molecule has 0 unspecified atom stereocenters. The van der Waals surface area contributed by atoms with E-state index in [0.29, 0.717) is 9.88 Å². The van der Waals surface area contributed by atoms with Crippen LogP contribution in [0.2, 0.25) is 0 Å². The largest absolute Gasteiger partial charge is 0.363 e. The quantitative estimate of drug-likeness (QED) is 0.491. The highest BCUT2D eigenvalue weighted by molar-refractivity contribution is 7.84. The Labute approximate surface area is 96.9 Å². The molecule has 0 radical (unpaired) electrons. The van der Waals surface area contributed by atoms with Gasteiger partial charge in [0, 0.05) is 10.5 Å². The van der Waals surface area contributed by atoms with Crippen LogP contribution in [0.1, 0.15) is 11.8 Å². The van der Waals surface area contributed by atoms with Crippen molar-refractivity contribution in [1.29, 1.82) is 0 Å². The maximum absolute atomic E-state index is 11.5. The van der Waals surface area contributed by atoms with Crippen molar-refractivity contribution in [2.24, 2.45) is 0 Å². The zero-order chi connectivity index (χ0) is 11.9. The van der Waals surface area contributed by atoms with E-state index in [2.05, 4.69) is 0 Å². The summed E-state index contributed by atoms with van der Waals surface area (Å²) in [5, 5.41) is 1.86. The topological polar surface area (TPSA) is 74.7 Å². The van der Waals surface area contributed by atoms with Crippen molar-refractivity contribution in [3.63, 3.8) is 0 Å². The molecule has 5 nitrogen and oxygen atoms in total. The lowest BCUT2D eigenvalue weighted by Gasteiger charge is -2.36. The molecule has 16 heavy (non-hydrogen) atoms. The molecule has 1 atom stereocenters. The minimum absolute atomic E-state index is 0.389. The summed E-state index contributed by atoms with van der Waals surface area (Å²) in [5.41, 5.74) is 0.389. The van der Waals surface area contributed by atoms with Crippen LogP contribution in [0, 0.1) is 0 Å². The van der Waals surface area contributed by atoms with Gasteiger partial charge in [0.05, 0.1) is 6.04 Å². The van der Waals surface area contributed by atoms with Gasteiger partial charge < -0.3 is 0 Å². The average Bonchev–Trinajstić information content (AvgIpc) is 2.64. The Morgan fingerprint density at radius 2 is 2.25 bits per heavy atom. The predicted octanol–water partition coefficient (Wildman–Crippen LogP) is 1.17. The molecule has 1 aromatic rings. The maximum Gasteiger partial charge on any atom is 0.363 e. The Hall–Kier alpha value is -1.18. The van der Waals surface area contributed by atoms with E-state index >= 15 is 0 Å². The number of nitrogens with zero attached hydrogens (tertiary/aromatic N) is 1. The monoisotopic (exact) mass is 259 g/mol. The van der Waals surface area contributed by atoms with Crippen LogP contribution < -0.4 is 0 Å². The fourth-order valence-electron chi connectivity index (χ4n) is 1.56. The summed E-state index contributed by atoms with van der Waals surface area (Å²) in [6, 6.07) is 3.06. The number of rotatable bonds is 2. The fraction of sp³-hybridized carbons (Fsp3) is 0.222. The van der Waals surface area contributed by atoms with Crippen LogP contribution in [0.15, 0.2) is 23.1 Å². The van der Waals surface area contributed by atoms with Crippen LogP contribution in [0.4, 0.5) is 0 Å². The number of carbonyl (C=O) groups excluding carboxylic acids is 1. The van der Waals surface area contributed by atoms with E-state index in [-0.39, 0.29) is 0 Å². The van der Waals surface area contributed by atoms with Crippen molar-refractivity contribution in [1.82, 2.24) is 4.31 Å². The lowest BCUT2D eigenvalue weighted by molar-refractivity contribution is -0.129. The van der Waals surface area contributed by atoms with E-state index in [9.17, 15) is 13.2 Å². The van der Waals surface area contributed by atoms with Crippen LogP contribution in [0.3, 0.4) is 0 Å². The van der Waals surface area contributed by atoms with E-state index in [1.54, 1.807) is 13.0 Å². The van der Waals surface area contributed by atoms with E-state index in [0.717, 1.165) is 4.88 Å². The SMILES string of the molecule is C[C@H]1/C(=C/c2cccs2)C(=O)N1S(=O)(=O)O. The molecule has 0 spiro atoms. The van der Waals surface area contributed by atoms with Gasteiger partial charge >= 0.3 is 10.3 Å². The molecule has 1 aliphatic rings. The fourth-order valence-corrected chi connectivity index (χ4v) is 3.05. The van der Waals surface area contributed by atoms with E-state index in [1.165, 1.54) is 11.3 Å². The van der Waals surface area contributed by atoms with Gasteiger partial charge in [0.2, 0.25) is 0 Å². The molecule has 0 aromatic carbocycles. The van der Waals surface area contributed by atoms with Gasteiger partial charge in [-0.2, -0.15) is 8.42 Å². The van der Waals surface area contributed by atoms with Gasteiger partial charge in [-0.05, 0) is 24.4 Å². The van der Waals surface area contributed by atoms with Gasteiger partial charge in [-0.15, -0.1) is 11.3 Å². The van der Waals surface area contributed by atoms with Crippen LogP contribution in [-0.4, -0.2) is 29.2 Å². The number of thiophene rings is 1.